The number of nitrogens with one attached hydrogen (secondary N) is 1. The predicted octanol–water partition coefficient (Wildman–Crippen LogP) is 1.88. The molecule has 1 rings (SSSR count). The predicted molar refractivity (Wildman–Crippen MR) is 81.9 cm³/mol. The van der Waals surface area contributed by atoms with E-state index < -0.39 is 22.4 Å². The highest BCUT2D eigenvalue weighted by atomic mass is 16.6. The highest BCUT2D eigenvalue weighted by Crippen LogP contribution is 2.20. The fourth-order valence-electron chi connectivity index (χ4n) is 1.80. The van der Waals surface area contributed by atoms with Gasteiger partial charge in [0.25, 0.3) is 0 Å². The first kappa shape index (κ1) is 17.9. The number of ether oxygens (including phenoxy) is 2. The van der Waals surface area contributed by atoms with E-state index in [0.29, 0.717) is 11.9 Å². The van der Waals surface area contributed by atoms with E-state index in [0.717, 1.165) is 14.2 Å². The molecule has 0 aliphatic rings. The SMILES string of the molecule is COC(=O)C(=C(/C)Nc1ccccc1)/C(=C\[N+](=O)[O-])C(=O)OC. The highest BCUT2D eigenvalue weighted by molar-refractivity contribution is 6.07. The van der Waals surface area contributed by atoms with E-state index in [2.05, 4.69) is 14.8 Å². The molecule has 0 fully saturated rings. The van der Waals surface area contributed by atoms with Crippen LogP contribution in [0.4, 0.5) is 5.69 Å². The molecule has 0 radical (unpaired) electrons. The lowest BCUT2D eigenvalue weighted by Crippen LogP contribution is -2.19. The van der Waals surface area contributed by atoms with Crippen LogP contribution in [0.1, 0.15) is 6.92 Å². The molecule has 0 aliphatic heterocycles. The van der Waals surface area contributed by atoms with Gasteiger partial charge in [0.2, 0.25) is 6.20 Å². The minimum Gasteiger partial charge on any atom is -0.465 e. The van der Waals surface area contributed by atoms with Crippen LogP contribution in [0.3, 0.4) is 0 Å². The number of anilines is 1. The third kappa shape index (κ3) is 4.95. The van der Waals surface area contributed by atoms with E-state index in [1.807, 2.05) is 0 Å². The lowest BCUT2D eigenvalue weighted by Gasteiger charge is -2.13. The second-order valence-electron chi connectivity index (χ2n) is 4.30. The number of esters is 2. The van der Waals surface area contributed by atoms with Crippen LogP contribution in [0.25, 0.3) is 0 Å². The second kappa shape index (κ2) is 8.32. The number of nitro groups is 1. The van der Waals surface area contributed by atoms with Crippen molar-refractivity contribution in [3.8, 4) is 0 Å². The van der Waals surface area contributed by atoms with Gasteiger partial charge in [-0.1, -0.05) is 18.2 Å². The average Bonchev–Trinajstić information content (AvgIpc) is 2.53. The Balaban J connectivity index is 3.41. The summed E-state index contributed by atoms with van der Waals surface area (Å²) in [5.74, 6) is -1.92. The van der Waals surface area contributed by atoms with Gasteiger partial charge in [-0.3, -0.25) is 10.1 Å². The molecule has 8 heteroatoms. The van der Waals surface area contributed by atoms with E-state index in [1.54, 1.807) is 30.3 Å². The fourth-order valence-corrected chi connectivity index (χ4v) is 1.80. The Hall–Kier alpha value is -3.16. The number of allylic oxidation sites excluding steroid dienone is 1. The summed E-state index contributed by atoms with van der Waals surface area (Å²) in [5, 5.41) is 13.7. The summed E-state index contributed by atoms with van der Waals surface area (Å²) >= 11 is 0. The van der Waals surface area contributed by atoms with Crippen molar-refractivity contribution in [1.82, 2.24) is 0 Å². The van der Waals surface area contributed by atoms with Crippen molar-refractivity contribution in [3.05, 3.63) is 63.5 Å². The molecule has 8 nitrogen and oxygen atoms in total. The molecule has 122 valence electrons. The van der Waals surface area contributed by atoms with Gasteiger partial charge < -0.3 is 14.8 Å². The second-order valence-corrected chi connectivity index (χ2v) is 4.30. The van der Waals surface area contributed by atoms with E-state index in [1.165, 1.54) is 6.92 Å². The molecular weight excluding hydrogens is 304 g/mol. The average molecular weight is 320 g/mol. The Kier molecular flexibility index (Phi) is 6.47. The van der Waals surface area contributed by atoms with Crippen LogP contribution in [-0.4, -0.2) is 31.1 Å². The minimum atomic E-state index is -1.02. The summed E-state index contributed by atoms with van der Waals surface area (Å²) in [6, 6.07) is 8.79. The first-order valence-electron chi connectivity index (χ1n) is 6.46. The number of carbonyl (C=O) groups is 2. The standard InChI is InChI=1S/C15H16N2O6/c1-10(16-11-7-5-4-6-8-11)13(15(19)23-3)12(9-17(20)21)14(18)22-2/h4-9,16H,1-3H3/b12-9+,13-10-. The van der Waals surface area contributed by atoms with Gasteiger partial charge in [-0.25, -0.2) is 9.59 Å². The third-order valence-electron chi connectivity index (χ3n) is 2.78. The molecule has 0 saturated carbocycles. The summed E-state index contributed by atoms with van der Waals surface area (Å²) in [4.78, 5) is 33.7. The van der Waals surface area contributed by atoms with Gasteiger partial charge in [0.15, 0.2) is 0 Å². The Morgan fingerprint density at radius 2 is 1.70 bits per heavy atom. The maximum atomic E-state index is 12.0. The zero-order valence-corrected chi connectivity index (χ0v) is 12.9. The monoisotopic (exact) mass is 320 g/mol. The van der Waals surface area contributed by atoms with Crippen LogP contribution in [0.2, 0.25) is 0 Å². The van der Waals surface area contributed by atoms with Crippen molar-refractivity contribution in [2.75, 3.05) is 19.5 Å². The van der Waals surface area contributed by atoms with Crippen LogP contribution in [0.15, 0.2) is 53.4 Å². The van der Waals surface area contributed by atoms with Gasteiger partial charge in [-0.15, -0.1) is 0 Å². The number of methoxy groups -OCH3 is 2. The third-order valence-corrected chi connectivity index (χ3v) is 2.78. The van der Waals surface area contributed by atoms with E-state index in [9.17, 15) is 19.7 Å². The maximum absolute atomic E-state index is 12.0. The number of hydrogen-bond donors (Lipinski definition) is 1. The Labute approximate surface area is 132 Å². The molecule has 0 unspecified atom stereocenters. The van der Waals surface area contributed by atoms with Crippen LogP contribution >= 0.6 is 0 Å². The molecule has 0 aliphatic carbocycles. The number of carbonyl (C=O) groups excluding carboxylic acids is 2. The van der Waals surface area contributed by atoms with Crippen molar-refractivity contribution < 1.29 is 24.0 Å². The molecule has 0 amide bonds. The van der Waals surface area contributed by atoms with Gasteiger partial charge in [0, 0.05) is 11.4 Å². The Bertz CT molecular complexity index is 664. The van der Waals surface area contributed by atoms with Gasteiger partial charge in [-0.05, 0) is 19.1 Å². The lowest BCUT2D eigenvalue weighted by atomic mass is 10.0. The topological polar surface area (TPSA) is 108 Å². The molecule has 1 aromatic carbocycles. The molecular formula is C15H16N2O6. The molecule has 0 spiro atoms. The van der Waals surface area contributed by atoms with Crippen LogP contribution in [0, 0.1) is 10.1 Å². The molecule has 0 atom stereocenters. The van der Waals surface area contributed by atoms with Crippen molar-refractivity contribution in [1.29, 1.82) is 0 Å². The molecule has 0 saturated heterocycles. The summed E-state index contributed by atoms with van der Waals surface area (Å²) in [6.45, 7) is 1.50. The fraction of sp³-hybridized carbons (Fsp3) is 0.200. The summed E-state index contributed by atoms with van der Waals surface area (Å²) in [6.07, 6.45) is 0.411. The zero-order chi connectivity index (χ0) is 17.4. The molecule has 1 aromatic rings. The normalized spacial score (nSPS) is 12.0. The summed E-state index contributed by atoms with van der Waals surface area (Å²) < 4.78 is 9.13. The Morgan fingerprint density at radius 3 is 2.17 bits per heavy atom. The molecule has 0 aromatic heterocycles. The van der Waals surface area contributed by atoms with Crippen LogP contribution < -0.4 is 5.32 Å². The number of benzene rings is 1. The summed E-state index contributed by atoms with van der Waals surface area (Å²) in [5.41, 5.74) is 0.0588. The molecule has 23 heavy (non-hydrogen) atoms. The van der Waals surface area contributed by atoms with E-state index in [4.69, 9.17) is 0 Å². The minimum absolute atomic E-state index is 0.210. The number of nitrogens with zero attached hydrogens (tertiary/aromatic N) is 1. The zero-order valence-electron chi connectivity index (χ0n) is 12.9. The largest absolute Gasteiger partial charge is 0.465 e. The van der Waals surface area contributed by atoms with Gasteiger partial charge >= 0.3 is 11.9 Å². The van der Waals surface area contributed by atoms with Crippen LogP contribution in [0.5, 0.6) is 0 Å². The van der Waals surface area contributed by atoms with Gasteiger partial charge in [0.1, 0.15) is 5.57 Å². The molecule has 0 heterocycles. The summed E-state index contributed by atoms with van der Waals surface area (Å²) in [7, 11) is 2.17. The number of para-hydroxylation sites is 1. The van der Waals surface area contributed by atoms with Crippen molar-refractivity contribution in [2.45, 2.75) is 6.92 Å². The van der Waals surface area contributed by atoms with Crippen molar-refractivity contribution >= 4 is 17.6 Å². The quantitative estimate of drug-likeness (QED) is 0.280. The van der Waals surface area contributed by atoms with E-state index in [-0.39, 0.29) is 11.3 Å². The molecule has 0 bridgehead atoms. The lowest BCUT2D eigenvalue weighted by molar-refractivity contribution is -0.403. The first-order valence-corrected chi connectivity index (χ1v) is 6.46. The molecule has 1 N–H and O–H groups in total. The highest BCUT2D eigenvalue weighted by Gasteiger charge is 2.28. The van der Waals surface area contributed by atoms with Crippen molar-refractivity contribution in [3.63, 3.8) is 0 Å². The maximum Gasteiger partial charge on any atom is 0.345 e. The van der Waals surface area contributed by atoms with E-state index >= 15 is 0 Å². The van der Waals surface area contributed by atoms with Gasteiger partial charge in [-0.2, -0.15) is 0 Å². The number of hydrogen-bond acceptors (Lipinski definition) is 7. The Morgan fingerprint density at radius 1 is 1.13 bits per heavy atom. The van der Waals surface area contributed by atoms with Crippen molar-refractivity contribution in [2.24, 2.45) is 0 Å². The van der Waals surface area contributed by atoms with Crippen LogP contribution in [-0.2, 0) is 19.1 Å². The van der Waals surface area contributed by atoms with Gasteiger partial charge in [0.05, 0.1) is 24.7 Å². The number of rotatable bonds is 6. The first-order chi connectivity index (χ1) is 10.9. The smallest absolute Gasteiger partial charge is 0.345 e.